The Hall–Kier alpha value is -0.710. The van der Waals surface area contributed by atoms with E-state index in [9.17, 15) is 0 Å². The third-order valence-electron chi connectivity index (χ3n) is 2.91. The van der Waals surface area contributed by atoms with Gasteiger partial charge in [0.25, 0.3) is 0 Å². The molecule has 0 bridgehead atoms. The van der Waals surface area contributed by atoms with Crippen molar-refractivity contribution in [3.63, 3.8) is 0 Å². The first-order valence-electron chi connectivity index (χ1n) is 6.69. The Morgan fingerprint density at radius 1 is 1.11 bits per heavy atom. The van der Waals surface area contributed by atoms with E-state index in [0.717, 1.165) is 48.5 Å². The molecule has 0 unspecified atom stereocenters. The number of hydrogen-bond acceptors (Lipinski definition) is 4. The van der Waals surface area contributed by atoms with E-state index in [1.54, 1.807) is 0 Å². The van der Waals surface area contributed by atoms with E-state index in [1.807, 2.05) is 0 Å². The van der Waals surface area contributed by atoms with Crippen molar-refractivity contribution in [1.29, 1.82) is 0 Å². The number of halogens is 1. The Labute approximate surface area is 118 Å². The minimum Gasteiger partial charge on any atom is -0.337 e. The topological polar surface area (TPSA) is 41.9 Å². The van der Waals surface area contributed by atoms with Gasteiger partial charge in [0.05, 0.1) is 11.4 Å². The Bertz CT molecular complexity index is 368. The Kier molecular flexibility index (Phi) is 6.54. The zero-order chi connectivity index (χ0) is 13.5. The van der Waals surface area contributed by atoms with Crippen LogP contribution in [0.3, 0.4) is 0 Å². The summed E-state index contributed by atoms with van der Waals surface area (Å²) in [5, 5.41) is 9.59. The van der Waals surface area contributed by atoms with Crippen LogP contribution < -0.4 is 4.90 Å². The predicted molar refractivity (Wildman–Crippen MR) is 79.5 cm³/mol. The maximum atomic E-state index is 4.67. The van der Waals surface area contributed by atoms with Crippen LogP contribution in [-0.2, 0) is 12.8 Å². The maximum Gasteiger partial charge on any atom is 0.245 e. The first kappa shape index (κ1) is 15.3. The Balaban J connectivity index is 2.97. The molecule has 1 rings (SSSR count). The number of aryl methyl sites for hydroxylation is 2. The molecule has 5 heteroatoms. The fraction of sp³-hybridized carbons (Fsp3) is 0.769. The summed E-state index contributed by atoms with van der Waals surface area (Å²) in [7, 11) is 0. The lowest BCUT2D eigenvalue weighted by Crippen LogP contribution is -2.34. The highest BCUT2D eigenvalue weighted by Gasteiger charge is 2.15. The molecule has 0 aliphatic carbocycles. The van der Waals surface area contributed by atoms with Crippen LogP contribution in [0.25, 0.3) is 0 Å². The molecular formula is C13H23BrN4. The fourth-order valence-corrected chi connectivity index (χ4v) is 2.12. The summed E-state index contributed by atoms with van der Waals surface area (Å²) in [4.78, 5) is 6.89. The lowest BCUT2D eigenvalue weighted by atomic mass is 10.2. The SMILES string of the molecule is CCc1nnc(N(CCCBr)C(C)C)nc1CC. The quantitative estimate of drug-likeness (QED) is 0.726. The van der Waals surface area contributed by atoms with Crippen molar-refractivity contribution < 1.29 is 0 Å². The molecule has 102 valence electrons. The molecule has 4 nitrogen and oxygen atoms in total. The fourth-order valence-electron chi connectivity index (χ4n) is 1.87. The van der Waals surface area contributed by atoms with Crippen molar-refractivity contribution >= 4 is 21.9 Å². The lowest BCUT2D eigenvalue weighted by Gasteiger charge is -2.26. The van der Waals surface area contributed by atoms with Gasteiger partial charge in [-0.3, -0.25) is 0 Å². The molecular weight excluding hydrogens is 292 g/mol. The molecule has 0 aliphatic rings. The van der Waals surface area contributed by atoms with E-state index in [-0.39, 0.29) is 0 Å². The second kappa shape index (κ2) is 7.67. The minimum absolute atomic E-state index is 0.392. The largest absolute Gasteiger partial charge is 0.337 e. The van der Waals surface area contributed by atoms with Gasteiger partial charge in [-0.1, -0.05) is 29.8 Å². The predicted octanol–water partition coefficient (Wildman–Crippen LogP) is 3.00. The van der Waals surface area contributed by atoms with Gasteiger partial charge in [-0.25, -0.2) is 4.98 Å². The van der Waals surface area contributed by atoms with Crippen molar-refractivity contribution in [1.82, 2.24) is 15.2 Å². The molecule has 0 aromatic carbocycles. The molecule has 1 aromatic heterocycles. The van der Waals surface area contributed by atoms with E-state index in [0.29, 0.717) is 6.04 Å². The molecule has 0 fully saturated rings. The highest BCUT2D eigenvalue weighted by molar-refractivity contribution is 9.09. The molecule has 18 heavy (non-hydrogen) atoms. The van der Waals surface area contributed by atoms with Gasteiger partial charge in [-0.15, -0.1) is 5.10 Å². The molecule has 0 spiro atoms. The van der Waals surface area contributed by atoms with E-state index < -0.39 is 0 Å². The smallest absolute Gasteiger partial charge is 0.245 e. The summed E-state index contributed by atoms with van der Waals surface area (Å²) in [6.45, 7) is 9.49. The number of hydrogen-bond donors (Lipinski definition) is 0. The molecule has 0 saturated carbocycles. The zero-order valence-corrected chi connectivity index (χ0v) is 13.4. The monoisotopic (exact) mass is 314 g/mol. The Morgan fingerprint density at radius 3 is 2.28 bits per heavy atom. The summed E-state index contributed by atoms with van der Waals surface area (Å²) >= 11 is 3.47. The molecule has 0 atom stereocenters. The standard InChI is InChI=1S/C13H23BrN4/c1-5-11-12(6-2)16-17-13(15-11)18(10(3)4)9-7-8-14/h10H,5-9H2,1-4H3. The van der Waals surface area contributed by atoms with Gasteiger partial charge in [0.1, 0.15) is 0 Å². The van der Waals surface area contributed by atoms with Crippen molar-refractivity contribution in [3.05, 3.63) is 11.4 Å². The summed E-state index contributed by atoms with van der Waals surface area (Å²) in [5.74, 6) is 0.764. The third kappa shape index (κ3) is 3.90. The van der Waals surface area contributed by atoms with Gasteiger partial charge < -0.3 is 4.90 Å². The van der Waals surface area contributed by atoms with Crippen molar-refractivity contribution in [2.45, 2.75) is 53.0 Å². The summed E-state index contributed by atoms with van der Waals surface area (Å²) < 4.78 is 0. The van der Waals surface area contributed by atoms with Crippen LogP contribution >= 0.6 is 15.9 Å². The average Bonchev–Trinajstić information content (AvgIpc) is 2.38. The second-order valence-corrected chi connectivity index (χ2v) is 5.33. The second-order valence-electron chi connectivity index (χ2n) is 4.54. The summed E-state index contributed by atoms with van der Waals surface area (Å²) in [6.07, 6.45) is 2.89. The third-order valence-corrected chi connectivity index (χ3v) is 3.47. The first-order chi connectivity index (χ1) is 8.63. The van der Waals surface area contributed by atoms with E-state index in [1.165, 1.54) is 0 Å². The molecule has 0 N–H and O–H groups in total. The van der Waals surface area contributed by atoms with Gasteiger partial charge in [0, 0.05) is 17.9 Å². The van der Waals surface area contributed by atoms with Crippen LogP contribution in [0.4, 0.5) is 5.95 Å². The normalized spacial score (nSPS) is 11.0. The van der Waals surface area contributed by atoms with E-state index >= 15 is 0 Å². The van der Waals surface area contributed by atoms with Crippen LogP contribution in [0.1, 0.15) is 45.5 Å². The minimum atomic E-state index is 0.392. The molecule has 0 radical (unpaired) electrons. The summed E-state index contributed by atoms with van der Waals surface area (Å²) in [6, 6.07) is 0.392. The van der Waals surface area contributed by atoms with Crippen LogP contribution in [-0.4, -0.2) is 33.1 Å². The number of alkyl halides is 1. The molecule has 1 aromatic rings. The molecule has 0 aliphatic heterocycles. The van der Waals surface area contributed by atoms with Gasteiger partial charge in [0.2, 0.25) is 5.95 Å². The molecule has 0 saturated heterocycles. The maximum absolute atomic E-state index is 4.67. The lowest BCUT2D eigenvalue weighted by molar-refractivity contribution is 0.638. The molecule has 0 amide bonds. The van der Waals surface area contributed by atoms with Crippen LogP contribution in [0.2, 0.25) is 0 Å². The van der Waals surface area contributed by atoms with Crippen molar-refractivity contribution in [3.8, 4) is 0 Å². The van der Waals surface area contributed by atoms with Gasteiger partial charge in [0.15, 0.2) is 0 Å². The van der Waals surface area contributed by atoms with Gasteiger partial charge in [-0.2, -0.15) is 5.10 Å². The Morgan fingerprint density at radius 2 is 1.78 bits per heavy atom. The molecule has 1 heterocycles. The number of aromatic nitrogens is 3. The number of rotatable bonds is 7. The van der Waals surface area contributed by atoms with Gasteiger partial charge in [-0.05, 0) is 33.1 Å². The highest BCUT2D eigenvalue weighted by Crippen LogP contribution is 2.14. The van der Waals surface area contributed by atoms with Gasteiger partial charge >= 0.3 is 0 Å². The zero-order valence-electron chi connectivity index (χ0n) is 11.8. The first-order valence-corrected chi connectivity index (χ1v) is 7.81. The van der Waals surface area contributed by atoms with E-state index in [4.69, 9.17) is 0 Å². The average molecular weight is 315 g/mol. The number of anilines is 1. The van der Waals surface area contributed by atoms with Crippen molar-refractivity contribution in [2.75, 3.05) is 16.8 Å². The van der Waals surface area contributed by atoms with Crippen LogP contribution in [0, 0.1) is 0 Å². The number of nitrogens with zero attached hydrogens (tertiary/aromatic N) is 4. The highest BCUT2D eigenvalue weighted by atomic mass is 79.9. The summed E-state index contributed by atoms with van der Waals surface area (Å²) in [5.41, 5.74) is 2.09. The van der Waals surface area contributed by atoms with E-state index in [2.05, 4.69) is 63.7 Å². The van der Waals surface area contributed by atoms with Crippen LogP contribution in [0.15, 0.2) is 0 Å². The van der Waals surface area contributed by atoms with Crippen LogP contribution in [0.5, 0.6) is 0 Å². The van der Waals surface area contributed by atoms with Crippen molar-refractivity contribution in [2.24, 2.45) is 0 Å².